The summed E-state index contributed by atoms with van der Waals surface area (Å²) in [5.74, 6) is -0.298. The first-order valence-corrected chi connectivity index (χ1v) is 5.11. The molecule has 0 saturated heterocycles. The second kappa shape index (κ2) is 8.24. The van der Waals surface area contributed by atoms with Gasteiger partial charge in [0.05, 0.1) is 6.61 Å². The molecule has 86 valence electrons. The van der Waals surface area contributed by atoms with Crippen LogP contribution in [0, 0.1) is 0 Å². The van der Waals surface area contributed by atoms with E-state index in [-0.39, 0.29) is 19.2 Å². The molecule has 1 N–H and O–H groups in total. The van der Waals surface area contributed by atoms with Crippen molar-refractivity contribution in [3.63, 3.8) is 0 Å². The zero-order valence-corrected chi connectivity index (χ0v) is 9.75. The van der Waals surface area contributed by atoms with Crippen molar-refractivity contribution in [2.24, 2.45) is 0 Å². The van der Waals surface area contributed by atoms with Crippen LogP contribution in [0.2, 0.25) is 0 Å². The lowest BCUT2D eigenvalue weighted by Gasteiger charge is -2.02. The second-order valence-electron chi connectivity index (χ2n) is 3.64. The first kappa shape index (κ1) is 13.9. The van der Waals surface area contributed by atoms with Crippen LogP contribution in [0.25, 0.3) is 0 Å². The van der Waals surface area contributed by atoms with Gasteiger partial charge in [-0.15, -0.1) is 0 Å². The Morgan fingerprint density at radius 1 is 1.27 bits per heavy atom. The normalized spacial score (nSPS) is 11.1. The maximum absolute atomic E-state index is 10.5. The number of aliphatic hydroxyl groups excluding tert-OH is 1. The highest BCUT2D eigenvalue weighted by molar-refractivity contribution is 5.66. The summed E-state index contributed by atoms with van der Waals surface area (Å²) in [4.78, 5) is 10.5. The van der Waals surface area contributed by atoms with Gasteiger partial charge in [-0.3, -0.25) is 4.79 Å². The highest BCUT2D eigenvalue weighted by atomic mass is 16.5. The predicted molar refractivity (Wildman–Crippen MR) is 60.5 cm³/mol. The molecule has 0 aliphatic rings. The summed E-state index contributed by atoms with van der Waals surface area (Å²) in [5, 5.41) is 9.03. The maximum atomic E-state index is 10.5. The van der Waals surface area contributed by atoms with E-state index < -0.39 is 0 Å². The Kier molecular flexibility index (Phi) is 7.64. The number of allylic oxidation sites excluding steroid dienone is 2. The predicted octanol–water partition coefficient (Wildman–Crippen LogP) is 2.21. The number of hydrogen-bond donors (Lipinski definition) is 1. The third kappa shape index (κ3) is 9.22. The standard InChI is InChI=1S/C12H20O3/c1-10(2)5-4-6-12(9-13)7-8-15-11(3)14/h5,7,13H,4,6,8-9H2,1-3H3/b12-7-. The van der Waals surface area contributed by atoms with E-state index in [1.165, 1.54) is 12.5 Å². The number of carbonyl (C=O) groups excluding carboxylic acids is 1. The third-order valence-electron chi connectivity index (χ3n) is 1.88. The third-order valence-corrected chi connectivity index (χ3v) is 1.88. The van der Waals surface area contributed by atoms with E-state index in [0.29, 0.717) is 0 Å². The Balaban J connectivity index is 3.90. The van der Waals surface area contributed by atoms with Gasteiger partial charge in [0.25, 0.3) is 0 Å². The summed E-state index contributed by atoms with van der Waals surface area (Å²) in [6.07, 6.45) is 5.60. The van der Waals surface area contributed by atoms with E-state index in [1.807, 2.05) is 13.8 Å². The Hall–Kier alpha value is -1.09. The fourth-order valence-corrected chi connectivity index (χ4v) is 1.07. The smallest absolute Gasteiger partial charge is 0.302 e. The molecule has 0 radical (unpaired) electrons. The largest absolute Gasteiger partial charge is 0.462 e. The van der Waals surface area contributed by atoms with Crippen LogP contribution < -0.4 is 0 Å². The average Bonchev–Trinajstić information content (AvgIpc) is 2.14. The molecule has 0 amide bonds. The van der Waals surface area contributed by atoms with E-state index in [2.05, 4.69) is 6.08 Å². The van der Waals surface area contributed by atoms with Crippen LogP contribution in [0.3, 0.4) is 0 Å². The Bertz CT molecular complexity index is 248. The second-order valence-corrected chi connectivity index (χ2v) is 3.64. The van der Waals surface area contributed by atoms with Gasteiger partial charge in [-0.1, -0.05) is 11.6 Å². The molecule has 0 aliphatic heterocycles. The monoisotopic (exact) mass is 212 g/mol. The molecule has 0 spiro atoms. The lowest BCUT2D eigenvalue weighted by Crippen LogP contribution is -2.00. The van der Waals surface area contributed by atoms with Crippen LogP contribution in [-0.4, -0.2) is 24.3 Å². The molecule has 3 heteroatoms. The summed E-state index contributed by atoms with van der Waals surface area (Å²) in [6, 6.07) is 0. The van der Waals surface area contributed by atoms with E-state index in [0.717, 1.165) is 18.4 Å². The number of carbonyl (C=O) groups is 1. The SMILES string of the molecule is CC(=O)OC/C=C(\CO)CCC=C(C)C. The Morgan fingerprint density at radius 3 is 2.40 bits per heavy atom. The van der Waals surface area contributed by atoms with E-state index in [1.54, 1.807) is 6.08 Å². The molecule has 0 heterocycles. The molecule has 0 aromatic rings. The summed E-state index contributed by atoms with van der Waals surface area (Å²) in [7, 11) is 0. The van der Waals surface area contributed by atoms with Gasteiger partial charge in [-0.25, -0.2) is 0 Å². The molecule has 0 atom stereocenters. The zero-order valence-electron chi connectivity index (χ0n) is 9.75. The average molecular weight is 212 g/mol. The molecule has 0 saturated carbocycles. The molecule has 0 unspecified atom stereocenters. The molecule has 0 aliphatic carbocycles. The Morgan fingerprint density at radius 2 is 1.93 bits per heavy atom. The number of rotatable bonds is 6. The highest BCUT2D eigenvalue weighted by Crippen LogP contribution is 2.06. The maximum Gasteiger partial charge on any atom is 0.302 e. The van der Waals surface area contributed by atoms with Crippen molar-refractivity contribution in [3.8, 4) is 0 Å². The van der Waals surface area contributed by atoms with Crippen molar-refractivity contribution in [3.05, 3.63) is 23.3 Å². The fraction of sp³-hybridized carbons (Fsp3) is 0.583. The summed E-state index contributed by atoms with van der Waals surface area (Å²) in [6.45, 7) is 5.73. The van der Waals surface area contributed by atoms with Gasteiger partial charge in [0.2, 0.25) is 0 Å². The van der Waals surface area contributed by atoms with Crippen molar-refractivity contribution in [2.75, 3.05) is 13.2 Å². The molecular formula is C12H20O3. The van der Waals surface area contributed by atoms with Gasteiger partial charge < -0.3 is 9.84 Å². The zero-order chi connectivity index (χ0) is 11.7. The van der Waals surface area contributed by atoms with Gasteiger partial charge in [0.15, 0.2) is 0 Å². The van der Waals surface area contributed by atoms with Gasteiger partial charge in [0.1, 0.15) is 6.61 Å². The van der Waals surface area contributed by atoms with Gasteiger partial charge >= 0.3 is 5.97 Å². The number of ether oxygens (including phenoxy) is 1. The first-order valence-electron chi connectivity index (χ1n) is 5.11. The van der Waals surface area contributed by atoms with Crippen LogP contribution in [0.15, 0.2) is 23.3 Å². The lowest BCUT2D eigenvalue weighted by atomic mass is 10.1. The molecule has 3 nitrogen and oxygen atoms in total. The summed E-state index contributed by atoms with van der Waals surface area (Å²) >= 11 is 0. The minimum atomic E-state index is -0.298. The molecule has 0 bridgehead atoms. The minimum Gasteiger partial charge on any atom is -0.462 e. The number of esters is 1. The number of hydrogen-bond acceptors (Lipinski definition) is 3. The minimum absolute atomic E-state index is 0.0257. The van der Waals surface area contributed by atoms with Crippen LogP contribution in [0.4, 0.5) is 0 Å². The molecule has 0 rings (SSSR count). The molecular weight excluding hydrogens is 192 g/mol. The van der Waals surface area contributed by atoms with Crippen molar-refractivity contribution in [1.29, 1.82) is 0 Å². The molecule has 0 fully saturated rings. The van der Waals surface area contributed by atoms with Crippen LogP contribution in [0.5, 0.6) is 0 Å². The fourth-order valence-electron chi connectivity index (χ4n) is 1.07. The summed E-state index contributed by atoms with van der Waals surface area (Å²) in [5.41, 5.74) is 2.18. The topological polar surface area (TPSA) is 46.5 Å². The number of aliphatic hydroxyl groups is 1. The quantitative estimate of drug-likeness (QED) is 0.542. The molecule has 0 aromatic carbocycles. The van der Waals surface area contributed by atoms with Crippen LogP contribution >= 0.6 is 0 Å². The van der Waals surface area contributed by atoms with Gasteiger partial charge in [-0.05, 0) is 38.3 Å². The van der Waals surface area contributed by atoms with E-state index in [9.17, 15) is 4.79 Å². The Labute approximate surface area is 91.4 Å². The highest BCUT2D eigenvalue weighted by Gasteiger charge is 1.95. The van der Waals surface area contributed by atoms with E-state index >= 15 is 0 Å². The van der Waals surface area contributed by atoms with Crippen LogP contribution in [-0.2, 0) is 9.53 Å². The molecule has 15 heavy (non-hydrogen) atoms. The van der Waals surface area contributed by atoms with Crippen molar-refractivity contribution in [1.82, 2.24) is 0 Å². The molecule has 0 aromatic heterocycles. The van der Waals surface area contributed by atoms with E-state index in [4.69, 9.17) is 9.84 Å². The lowest BCUT2D eigenvalue weighted by molar-refractivity contribution is -0.139. The first-order chi connectivity index (χ1) is 7.06. The van der Waals surface area contributed by atoms with Crippen molar-refractivity contribution in [2.45, 2.75) is 33.6 Å². The van der Waals surface area contributed by atoms with Gasteiger partial charge in [-0.2, -0.15) is 0 Å². The van der Waals surface area contributed by atoms with Crippen molar-refractivity contribution >= 4 is 5.97 Å². The van der Waals surface area contributed by atoms with Crippen molar-refractivity contribution < 1.29 is 14.6 Å². The summed E-state index contributed by atoms with van der Waals surface area (Å²) < 4.78 is 4.76. The van der Waals surface area contributed by atoms with Gasteiger partial charge in [0, 0.05) is 6.92 Å². The van der Waals surface area contributed by atoms with Crippen LogP contribution in [0.1, 0.15) is 33.6 Å².